The second-order valence-electron chi connectivity index (χ2n) is 27.0. The summed E-state index contributed by atoms with van der Waals surface area (Å²) in [7, 11) is 0. The first-order valence-electron chi connectivity index (χ1n) is 28.8. The zero-order valence-electron chi connectivity index (χ0n) is 47.8. The van der Waals surface area contributed by atoms with Crippen molar-refractivity contribution >= 4 is 11.9 Å². The van der Waals surface area contributed by atoms with Gasteiger partial charge in [0.05, 0.1) is 44.1 Å². The number of aliphatic hydroxyl groups is 12. The van der Waals surface area contributed by atoms with Crippen molar-refractivity contribution in [2.24, 2.45) is 50.2 Å². The zero-order chi connectivity index (χ0) is 59.4. The number of carboxylic acids is 1. The molecule has 24 nitrogen and oxygen atoms in total. The molecule has 4 saturated carbocycles. The van der Waals surface area contributed by atoms with E-state index in [1.54, 1.807) is 19.9 Å². The smallest absolute Gasteiger partial charge is 0.335 e. The van der Waals surface area contributed by atoms with Gasteiger partial charge >= 0.3 is 11.9 Å². The number of esters is 1. The molecule has 0 spiro atoms. The van der Waals surface area contributed by atoms with Gasteiger partial charge in [-0.3, -0.25) is 0 Å². The van der Waals surface area contributed by atoms with E-state index in [9.17, 15) is 76.0 Å². The summed E-state index contributed by atoms with van der Waals surface area (Å²) in [4.78, 5) is 26.5. The highest BCUT2D eigenvalue weighted by molar-refractivity contribution is 5.87. The SMILES string of the molecule is CC=C(C)C(=O)O[C@H]1CC(C)(C)C[C@H]2C3=CC[C@@H]4[C@@]5(C)CC[C@H](O[C@@H]6O[C@H](C(=O)O)[C@@H](O)[C@H](O[C@@H]7OC[C@H](O)[C@H](O)[C@H]7O[C@@H]7OC[C@@H](O)[C@H](O)[C@H]7O)[C@H]6O[C@@H]6O[C@H](CO)[C@H](O)[C@H](O)[C@H]6O)C(C)(C)[C@@H]5CC[C@@]4(C)[C@]3(C)C[C@@H](O)[C@@]12CO. The minimum Gasteiger partial charge on any atom is -0.479 e. The van der Waals surface area contributed by atoms with Gasteiger partial charge < -0.3 is 109 Å². The molecule has 9 aliphatic rings. The van der Waals surface area contributed by atoms with Gasteiger partial charge in [0, 0.05) is 5.57 Å². The van der Waals surface area contributed by atoms with Crippen molar-refractivity contribution in [3.63, 3.8) is 0 Å². The van der Waals surface area contributed by atoms with Crippen LogP contribution in [0.25, 0.3) is 0 Å². The Morgan fingerprint density at radius 2 is 1.28 bits per heavy atom. The fourth-order valence-corrected chi connectivity index (χ4v) is 16.8. The predicted octanol–water partition coefficient (Wildman–Crippen LogP) is -0.733. The number of carbonyl (C=O) groups excluding carboxylic acids is 1. The van der Waals surface area contributed by atoms with E-state index in [1.807, 2.05) is 0 Å². The summed E-state index contributed by atoms with van der Waals surface area (Å²) in [6, 6.07) is 0. The van der Waals surface area contributed by atoms with E-state index in [0.717, 1.165) is 6.42 Å². The van der Waals surface area contributed by atoms with Crippen molar-refractivity contribution in [3.8, 4) is 0 Å². The van der Waals surface area contributed by atoms with Crippen LogP contribution in [0.4, 0.5) is 0 Å². The van der Waals surface area contributed by atoms with E-state index < -0.39 is 177 Å². The first kappa shape index (κ1) is 63.1. The molecule has 462 valence electrons. The number of carbonyl (C=O) groups is 2. The van der Waals surface area contributed by atoms with Gasteiger partial charge in [-0.1, -0.05) is 66.2 Å². The summed E-state index contributed by atoms with van der Waals surface area (Å²) in [5.41, 5.74) is -1.79. The highest BCUT2D eigenvalue weighted by Crippen LogP contribution is 2.76. The van der Waals surface area contributed by atoms with Crippen molar-refractivity contribution in [3.05, 3.63) is 23.3 Å². The number of hydrogen-bond donors (Lipinski definition) is 13. The lowest BCUT2D eigenvalue weighted by molar-refractivity contribution is -0.399. The molecular weight excluding hydrogens is 1070 g/mol. The molecule has 5 aliphatic carbocycles. The molecule has 13 N–H and O–H groups in total. The highest BCUT2D eigenvalue weighted by Gasteiger charge is 2.72. The second-order valence-corrected chi connectivity index (χ2v) is 27.0. The number of hydrogen-bond acceptors (Lipinski definition) is 23. The van der Waals surface area contributed by atoms with Gasteiger partial charge in [-0.05, 0) is 110 Å². The first-order valence-corrected chi connectivity index (χ1v) is 28.8. The number of carboxylic acid groups (broad SMARTS) is 1. The predicted molar refractivity (Wildman–Crippen MR) is 277 cm³/mol. The van der Waals surface area contributed by atoms with Crippen LogP contribution in [0, 0.1) is 50.2 Å². The third-order valence-corrected chi connectivity index (χ3v) is 21.7. The topological polar surface area (TPSA) is 380 Å². The molecule has 0 bridgehead atoms. The van der Waals surface area contributed by atoms with Gasteiger partial charge in [-0.15, -0.1) is 0 Å². The fraction of sp³-hybridized carbons (Fsp3) is 0.895. The van der Waals surface area contributed by atoms with E-state index >= 15 is 0 Å². The quantitative estimate of drug-likeness (QED) is 0.0468. The monoisotopic (exact) mass is 1160 g/mol. The number of fused-ring (bicyclic) bond motifs is 7. The molecule has 4 saturated heterocycles. The van der Waals surface area contributed by atoms with E-state index in [2.05, 4.69) is 54.5 Å². The lowest BCUT2D eigenvalue weighted by Gasteiger charge is -2.72. The van der Waals surface area contributed by atoms with Crippen molar-refractivity contribution < 1.29 is 119 Å². The number of allylic oxidation sites excluding steroid dienone is 3. The normalized spacial score (nSPS) is 51.6. The van der Waals surface area contributed by atoms with Crippen LogP contribution in [-0.2, 0) is 52.2 Å². The maximum Gasteiger partial charge on any atom is 0.335 e. The van der Waals surface area contributed by atoms with Gasteiger partial charge in [0.2, 0.25) is 0 Å². The van der Waals surface area contributed by atoms with Crippen LogP contribution in [0.15, 0.2) is 23.3 Å². The molecular formula is C57H90O24. The van der Waals surface area contributed by atoms with Crippen LogP contribution >= 0.6 is 0 Å². The molecule has 0 radical (unpaired) electrons. The largest absolute Gasteiger partial charge is 0.479 e. The fourth-order valence-electron chi connectivity index (χ4n) is 16.8. The summed E-state index contributed by atoms with van der Waals surface area (Å²) in [6.45, 7) is 16.4. The van der Waals surface area contributed by atoms with E-state index in [-0.39, 0.29) is 40.6 Å². The van der Waals surface area contributed by atoms with Crippen molar-refractivity contribution in [1.82, 2.24) is 0 Å². The molecule has 0 aromatic carbocycles. The molecule has 8 fully saturated rings. The summed E-state index contributed by atoms with van der Waals surface area (Å²) in [5, 5.41) is 143. The van der Waals surface area contributed by atoms with Crippen LogP contribution in [0.1, 0.15) is 114 Å². The molecule has 0 aromatic rings. The van der Waals surface area contributed by atoms with Crippen molar-refractivity contribution in [2.45, 2.75) is 243 Å². The molecule has 81 heavy (non-hydrogen) atoms. The van der Waals surface area contributed by atoms with Crippen molar-refractivity contribution in [2.75, 3.05) is 26.4 Å². The van der Waals surface area contributed by atoms with Gasteiger partial charge in [0.1, 0.15) is 85.5 Å². The number of rotatable bonds is 13. The molecule has 28 atom stereocenters. The second kappa shape index (κ2) is 23.0. The maximum absolute atomic E-state index is 13.4. The summed E-state index contributed by atoms with van der Waals surface area (Å²) in [5.74, 6) is -2.42. The Labute approximate surface area is 471 Å². The lowest BCUT2D eigenvalue weighted by atomic mass is 9.33. The molecule has 4 aliphatic heterocycles. The first-order chi connectivity index (χ1) is 37.9. The van der Waals surface area contributed by atoms with Crippen LogP contribution in [-0.4, -0.2) is 234 Å². The van der Waals surface area contributed by atoms with Gasteiger partial charge in [-0.25, -0.2) is 9.59 Å². The van der Waals surface area contributed by atoms with E-state index in [4.69, 9.17) is 42.6 Å². The minimum absolute atomic E-state index is 0.0579. The Morgan fingerprint density at radius 1 is 0.654 bits per heavy atom. The van der Waals surface area contributed by atoms with E-state index in [0.29, 0.717) is 50.5 Å². The van der Waals surface area contributed by atoms with E-state index in [1.165, 1.54) is 5.57 Å². The molecule has 9 rings (SSSR count). The standard InChI is InChI=1S/C57H90O24/c1-10-24(2)47(72)76-34-19-52(3,4)17-26-25-11-12-31-54(7)15-14-33(53(5,6)30(54)13-16-55(31,8)56(25,9)18-32(62)57(26,34)23-59)77-51-45(81-49-40(68)38(66)37(65)29(20-58)75-49)42(41(69)43(79-51)46(70)71)78-50-44(36(64)28(61)22-74-50)80-48-39(67)35(63)27(60)21-73-48/h10-11,26-45,48-51,58-69H,12-23H2,1-9H3,(H,70,71)/t26-,27+,28-,29+,30-,31+,32+,33-,34-,35-,36-,37-,38-,39+,40+,41-,42-,43-,44+,45+,48-,49-,50-,51+,54-,55+,56+,57-/m0/s1. The molecule has 24 heteroatoms. The van der Waals surface area contributed by atoms with Crippen LogP contribution in [0.5, 0.6) is 0 Å². The summed E-state index contributed by atoms with van der Waals surface area (Å²) in [6.07, 6.45) is -27.1. The Bertz CT molecular complexity index is 2330. The van der Waals surface area contributed by atoms with Crippen LogP contribution in [0.2, 0.25) is 0 Å². The van der Waals surface area contributed by atoms with Crippen LogP contribution in [0.3, 0.4) is 0 Å². The van der Waals surface area contributed by atoms with Gasteiger partial charge in [0.25, 0.3) is 0 Å². The molecule has 4 heterocycles. The number of aliphatic carboxylic acids is 1. The Balaban J connectivity index is 1.03. The van der Waals surface area contributed by atoms with Crippen molar-refractivity contribution in [1.29, 1.82) is 0 Å². The number of aliphatic hydroxyl groups excluding tert-OH is 12. The van der Waals surface area contributed by atoms with Crippen LogP contribution < -0.4 is 0 Å². The lowest BCUT2D eigenvalue weighted by Crippen LogP contribution is -2.70. The minimum atomic E-state index is -2.19. The highest BCUT2D eigenvalue weighted by atomic mass is 16.8. The van der Waals surface area contributed by atoms with Gasteiger partial charge in [0.15, 0.2) is 31.3 Å². The molecule has 0 unspecified atom stereocenters. The maximum atomic E-state index is 13.4. The summed E-state index contributed by atoms with van der Waals surface area (Å²) < 4.78 is 54.9. The van der Waals surface area contributed by atoms with Gasteiger partial charge in [-0.2, -0.15) is 0 Å². The Morgan fingerprint density at radius 3 is 1.93 bits per heavy atom. The molecule has 0 aromatic heterocycles. The summed E-state index contributed by atoms with van der Waals surface area (Å²) >= 11 is 0. The Kier molecular flexibility index (Phi) is 18.0. The average Bonchev–Trinajstić information content (AvgIpc) is 3.28. The number of ether oxygens (including phenoxy) is 9. The molecule has 0 amide bonds. The zero-order valence-corrected chi connectivity index (χ0v) is 47.8. The average molecular weight is 1160 g/mol. The Hall–Kier alpha value is -2.38. The third-order valence-electron chi connectivity index (χ3n) is 21.7. The third kappa shape index (κ3) is 10.5.